The van der Waals surface area contributed by atoms with Crippen molar-refractivity contribution in [3.63, 3.8) is 0 Å². The van der Waals surface area contributed by atoms with Crippen molar-refractivity contribution in [2.75, 3.05) is 13.6 Å². The highest BCUT2D eigenvalue weighted by molar-refractivity contribution is 5.81. The SMILES string of the molecule is CN=C(N)C[N+](=O)[O-]. The molecule has 0 aliphatic rings. The Morgan fingerprint density at radius 3 is 2.62 bits per heavy atom. The van der Waals surface area contributed by atoms with Crippen molar-refractivity contribution >= 4 is 5.84 Å². The fourth-order valence-electron chi connectivity index (χ4n) is 0.203. The standard InChI is InChI=1S/C3H7N3O2/c1-5-3(4)2-6(7)8/h2H2,1H3,(H2,4,5). The van der Waals surface area contributed by atoms with E-state index in [4.69, 9.17) is 5.73 Å². The van der Waals surface area contributed by atoms with Crippen LogP contribution in [-0.4, -0.2) is 24.4 Å². The van der Waals surface area contributed by atoms with Gasteiger partial charge >= 0.3 is 0 Å². The average molecular weight is 117 g/mol. The summed E-state index contributed by atoms with van der Waals surface area (Å²) in [5.41, 5.74) is 4.98. The first kappa shape index (κ1) is 6.87. The van der Waals surface area contributed by atoms with Gasteiger partial charge in [-0.1, -0.05) is 0 Å². The van der Waals surface area contributed by atoms with Crippen LogP contribution < -0.4 is 5.73 Å². The van der Waals surface area contributed by atoms with E-state index in [1.165, 1.54) is 7.05 Å². The van der Waals surface area contributed by atoms with E-state index >= 15 is 0 Å². The second-order valence-corrected chi connectivity index (χ2v) is 1.21. The van der Waals surface area contributed by atoms with E-state index in [2.05, 4.69) is 4.99 Å². The van der Waals surface area contributed by atoms with Crippen molar-refractivity contribution < 1.29 is 4.92 Å². The number of aliphatic imine (C=N–C) groups is 1. The zero-order valence-corrected chi connectivity index (χ0v) is 4.50. The van der Waals surface area contributed by atoms with Crippen molar-refractivity contribution in [2.24, 2.45) is 10.7 Å². The molecule has 0 heterocycles. The summed E-state index contributed by atoms with van der Waals surface area (Å²) in [6, 6.07) is 0. The number of nitrogens with zero attached hydrogens (tertiary/aromatic N) is 2. The molecule has 0 saturated heterocycles. The summed E-state index contributed by atoms with van der Waals surface area (Å²) in [4.78, 5) is 12.5. The van der Waals surface area contributed by atoms with E-state index in [9.17, 15) is 10.1 Å². The minimum absolute atomic E-state index is 0.0509. The molecular formula is C3H7N3O2. The molecule has 0 atom stereocenters. The Hall–Kier alpha value is -1.13. The van der Waals surface area contributed by atoms with Crippen LogP contribution in [-0.2, 0) is 0 Å². The number of rotatable bonds is 2. The normalized spacial score (nSPS) is 11.4. The topological polar surface area (TPSA) is 81.5 Å². The van der Waals surface area contributed by atoms with Gasteiger partial charge in [0, 0.05) is 12.0 Å². The molecule has 0 aromatic rings. The van der Waals surface area contributed by atoms with Crippen molar-refractivity contribution in [3.05, 3.63) is 10.1 Å². The zero-order valence-electron chi connectivity index (χ0n) is 4.50. The first-order chi connectivity index (χ1) is 3.66. The van der Waals surface area contributed by atoms with Crippen LogP contribution in [0.4, 0.5) is 0 Å². The zero-order chi connectivity index (χ0) is 6.57. The summed E-state index contributed by atoms with van der Waals surface area (Å²) in [6.45, 7) is -0.365. The van der Waals surface area contributed by atoms with Crippen LogP contribution in [0.15, 0.2) is 4.99 Å². The Bertz CT molecular complexity index is 120. The van der Waals surface area contributed by atoms with Crippen LogP contribution >= 0.6 is 0 Å². The highest BCUT2D eigenvalue weighted by Gasteiger charge is 1.97. The molecule has 0 rings (SSSR count). The molecule has 0 aromatic heterocycles. The van der Waals surface area contributed by atoms with Gasteiger partial charge in [-0.15, -0.1) is 0 Å². The van der Waals surface area contributed by atoms with Gasteiger partial charge in [0.1, 0.15) is 0 Å². The molecule has 0 spiro atoms. The van der Waals surface area contributed by atoms with Crippen LogP contribution in [0.2, 0.25) is 0 Å². The van der Waals surface area contributed by atoms with Gasteiger partial charge in [-0.2, -0.15) is 0 Å². The van der Waals surface area contributed by atoms with Crippen molar-refractivity contribution in [1.29, 1.82) is 0 Å². The van der Waals surface area contributed by atoms with Gasteiger partial charge in [0.05, 0.1) is 0 Å². The maximum atomic E-state index is 9.61. The Labute approximate surface area is 46.4 Å². The molecule has 0 aliphatic heterocycles. The summed E-state index contributed by atoms with van der Waals surface area (Å²) in [5.74, 6) is 0.0509. The Morgan fingerprint density at radius 1 is 2.00 bits per heavy atom. The van der Waals surface area contributed by atoms with E-state index in [1.807, 2.05) is 0 Å². The molecule has 0 aliphatic carbocycles. The predicted molar refractivity (Wildman–Crippen MR) is 29.4 cm³/mol. The fraction of sp³-hybridized carbons (Fsp3) is 0.667. The smallest absolute Gasteiger partial charge is 0.259 e. The summed E-state index contributed by atoms with van der Waals surface area (Å²) in [7, 11) is 1.42. The number of hydrogen-bond acceptors (Lipinski definition) is 3. The van der Waals surface area contributed by atoms with Gasteiger partial charge in [-0.25, -0.2) is 0 Å². The molecule has 0 amide bonds. The van der Waals surface area contributed by atoms with Gasteiger partial charge < -0.3 is 5.73 Å². The molecule has 0 radical (unpaired) electrons. The van der Waals surface area contributed by atoms with Crippen LogP contribution in [0, 0.1) is 10.1 Å². The fourth-order valence-corrected chi connectivity index (χ4v) is 0.203. The molecule has 0 bridgehead atoms. The molecule has 5 nitrogen and oxygen atoms in total. The third-order valence-electron chi connectivity index (χ3n) is 0.578. The van der Waals surface area contributed by atoms with Crippen molar-refractivity contribution in [1.82, 2.24) is 0 Å². The molecule has 2 N–H and O–H groups in total. The maximum Gasteiger partial charge on any atom is 0.259 e. The predicted octanol–water partition coefficient (Wildman–Crippen LogP) is -0.750. The lowest BCUT2D eigenvalue weighted by Crippen LogP contribution is -2.22. The summed E-state index contributed by atoms with van der Waals surface area (Å²) < 4.78 is 0. The van der Waals surface area contributed by atoms with Crippen LogP contribution in [0.3, 0.4) is 0 Å². The number of amidine groups is 1. The van der Waals surface area contributed by atoms with Crippen LogP contribution in [0.5, 0.6) is 0 Å². The molecular weight excluding hydrogens is 110 g/mol. The van der Waals surface area contributed by atoms with Gasteiger partial charge in [-0.05, 0) is 0 Å². The van der Waals surface area contributed by atoms with Crippen LogP contribution in [0.1, 0.15) is 0 Å². The minimum atomic E-state index is -0.525. The Kier molecular flexibility index (Phi) is 2.53. The third-order valence-corrected chi connectivity index (χ3v) is 0.578. The molecule has 0 unspecified atom stereocenters. The molecule has 0 fully saturated rings. The average Bonchev–Trinajstić information content (AvgIpc) is 1.65. The van der Waals surface area contributed by atoms with Crippen LogP contribution in [0.25, 0.3) is 0 Å². The van der Waals surface area contributed by atoms with Crippen molar-refractivity contribution in [2.45, 2.75) is 0 Å². The lowest BCUT2D eigenvalue weighted by Gasteiger charge is -1.87. The van der Waals surface area contributed by atoms with E-state index in [1.54, 1.807) is 0 Å². The van der Waals surface area contributed by atoms with Gasteiger partial charge in [0.2, 0.25) is 0 Å². The highest BCUT2D eigenvalue weighted by Crippen LogP contribution is 1.67. The lowest BCUT2D eigenvalue weighted by atomic mass is 10.6. The van der Waals surface area contributed by atoms with E-state index in [0.29, 0.717) is 0 Å². The molecule has 8 heavy (non-hydrogen) atoms. The number of nitrogens with two attached hydrogens (primary N) is 1. The monoisotopic (exact) mass is 117 g/mol. The van der Waals surface area contributed by atoms with Gasteiger partial charge in [0.15, 0.2) is 5.84 Å². The van der Waals surface area contributed by atoms with E-state index in [-0.39, 0.29) is 12.4 Å². The molecule has 0 aromatic carbocycles. The molecule has 46 valence electrons. The minimum Gasteiger partial charge on any atom is -0.382 e. The first-order valence-electron chi connectivity index (χ1n) is 1.99. The second kappa shape index (κ2) is 2.95. The number of hydrogen-bond donors (Lipinski definition) is 1. The maximum absolute atomic E-state index is 9.61. The summed E-state index contributed by atoms with van der Waals surface area (Å²) in [5, 5.41) is 9.61. The highest BCUT2D eigenvalue weighted by atomic mass is 16.6. The van der Waals surface area contributed by atoms with Gasteiger partial charge in [-0.3, -0.25) is 15.1 Å². The summed E-state index contributed by atoms with van der Waals surface area (Å²) >= 11 is 0. The first-order valence-corrected chi connectivity index (χ1v) is 1.99. The molecule has 0 saturated carbocycles. The van der Waals surface area contributed by atoms with E-state index < -0.39 is 4.92 Å². The van der Waals surface area contributed by atoms with Crippen molar-refractivity contribution in [3.8, 4) is 0 Å². The Balaban J connectivity index is 3.56. The molecule has 5 heteroatoms. The van der Waals surface area contributed by atoms with Gasteiger partial charge in [0.25, 0.3) is 6.54 Å². The number of nitro groups is 1. The Morgan fingerprint density at radius 2 is 2.50 bits per heavy atom. The lowest BCUT2D eigenvalue weighted by molar-refractivity contribution is -0.463. The third kappa shape index (κ3) is 3.08. The van der Waals surface area contributed by atoms with E-state index in [0.717, 1.165) is 0 Å². The summed E-state index contributed by atoms with van der Waals surface area (Å²) in [6.07, 6.45) is 0. The quantitative estimate of drug-likeness (QED) is 0.223. The second-order valence-electron chi connectivity index (χ2n) is 1.21. The largest absolute Gasteiger partial charge is 0.382 e.